The number of alkyl carbamates (subject to hydrolysis) is 2. The van der Waals surface area contributed by atoms with E-state index in [0.29, 0.717) is 6.42 Å². The molecule has 3 amide bonds. The minimum absolute atomic E-state index is 0.138. The Balaban J connectivity index is 2.74. The average Bonchev–Trinajstić information content (AvgIpc) is 2.75. The van der Waals surface area contributed by atoms with Crippen LogP contribution >= 0.6 is 0 Å². The molecule has 0 saturated carbocycles. The molecule has 3 N–H and O–H groups in total. The Morgan fingerprint density at radius 3 is 1.97 bits per heavy atom. The summed E-state index contributed by atoms with van der Waals surface area (Å²) in [5, 5.41) is 7.90. The van der Waals surface area contributed by atoms with Gasteiger partial charge in [-0.1, -0.05) is 44.2 Å². The first-order valence-corrected chi connectivity index (χ1v) is 12.5. The van der Waals surface area contributed by atoms with Gasteiger partial charge < -0.3 is 30.2 Å². The van der Waals surface area contributed by atoms with Crippen LogP contribution in [0, 0.1) is 5.92 Å². The van der Waals surface area contributed by atoms with Crippen LogP contribution in [-0.2, 0) is 30.4 Å². The van der Waals surface area contributed by atoms with Crippen molar-refractivity contribution in [2.75, 3.05) is 6.54 Å². The molecular formula is C27H43N3O7. The SMILES string of the molecule is CC(C)[C@H](NC(=O)[C@@H](CCCNC(=O)OCc1ccccc1)NC(=O)OC(C)(C)C)C(=O)OC(C)(C)C. The maximum atomic E-state index is 13.1. The summed E-state index contributed by atoms with van der Waals surface area (Å²) in [6.45, 7) is 14.3. The summed E-state index contributed by atoms with van der Waals surface area (Å²) in [5.41, 5.74) is -0.614. The predicted octanol–water partition coefficient (Wildman–Crippen LogP) is 4.07. The molecule has 0 aliphatic carbocycles. The Bertz CT molecular complexity index is 890. The van der Waals surface area contributed by atoms with Gasteiger partial charge in [-0.05, 0) is 65.9 Å². The number of carbonyl (C=O) groups is 4. The Morgan fingerprint density at radius 2 is 1.43 bits per heavy atom. The molecule has 0 aromatic heterocycles. The first kappa shape index (κ1) is 31.7. The van der Waals surface area contributed by atoms with E-state index in [1.807, 2.05) is 30.3 Å². The van der Waals surface area contributed by atoms with Gasteiger partial charge in [0.25, 0.3) is 0 Å². The molecule has 208 valence electrons. The van der Waals surface area contributed by atoms with Crippen LogP contribution in [0.2, 0.25) is 0 Å². The lowest BCUT2D eigenvalue weighted by atomic mass is 10.0. The fourth-order valence-electron chi connectivity index (χ4n) is 3.11. The number of nitrogens with one attached hydrogen (secondary N) is 3. The van der Waals surface area contributed by atoms with Crippen LogP contribution in [0.4, 0.5) is 9.59 Å². The third-order valence-electron chi connectivity index (χ3n) is 4.78. The maximum absolute atomic E-state index is 13.1. The van der Waals surface area contributed by atoms with Gasteiger partial charge in [0.1, 0.15) is 29.9 Å². The fourth-order valence-corrected chi connectivity index (χ4v) is 3.11. The molecule has 0 aliphatic rings. The van der Waals surface area contributed by atoms with Crippen molar-refractivity contribution < 1.29 is 33.4 Å². The van der Waals surface area contributed by atoms with Crippen LogP contribution in [0.3, 0.4) is 0 Å². The van der Waals surface area contributed by atoms with Gasteiger partial charge in [0.15, 0.2) is 0 Å². The zero-order valence-electron chi connectivity index (χ0n) is 23.3. The smallest absolute Gasteiger partial charge is 0.408 e. The standard InChI is InChI=1S/C27H43N3O7/c1-18(2)21(23(32)36-26(3,4)5)30-22(31)20(29-25(34)37-27(6,7)8)15-12-16-28-24(33)35-17-19-13-10-9-11-14-19/h9-11,13-14,18,20-21H,12,15-17H2,1-8H3,(H,28,33)(H,29,34)(H,30,31)/t20-,21+/m1/s1. The topological polar surface area (TPSA) is 132 Å². The van der Waals surface area contributed by atoms with E-state index in [0.717, 1.165) is 5.56 Å². The van der Waals surface area contributed by atoms with Crippen molar-refractivity contribution in [1.82, 2.24) is 16.0 Å². The molecule has 1 rings (SSSR count). The van der Waals surface area contributed by atoms with Gasteiger partial charge in [-0.2, -0.15) is 0 Å². The highest BCUT2D eigenvalue weighted by molar-refractivity contribution is 5.89. The summed E-state index contributed by atoms with van der Waals surface area (Å²) in [7, 11) is 0. The van der Waals surface area contributed by atoms with Gasteiger partial charge in [0.2, 0.25) is 5.91 Å². The van der Waals surface area contributed by atoms with Crippen molar-refractivity contribution in [1.29, 1.82) is 0 Å². The summed E-state index contributed by atoms with van der Waals surface area (Å²) in [5.74, 6) is -1.36. The monoisotopic (exact) mass is 521 g/mol. The molecule has 0 spiro atoms. The zero-order valence-corrected chi connectivity index (χ0v) is 23.3. The highest BCUT2D eigenvalue weighted by Crippen LogP contribution is 2.13. The zero-order chi connectivity index (χ0) is 28.2. The number of esters is 1. The van der Waals surface area contributed by atoms with E-state index in [1.54, 1.807) is 55.4 Å². The molecule has 0 fully saturated rings. The summed E-state index contributed by atoms with van der Waals surface area (Å²) in [6, 6.07) is 7.37. The number of carbonyl (C=O) groups excluding carboxylic acids is 4. The summed E-state index contributed by atoms with van der Waals surface area (Å²) < 4.78 is 15.9. The van der Waals surface area contributed by atoms with Crippen LogP contribution in [0.5, 0.6) is 0 Å². The molecule has 0 unspecified atom stereocenters. The van der Waals surface area contributed by atoms with E-state index in [-0.39, 0.29) is 25.5 Å². The van der Waals surface area contributed by atoms with Crippen molar-refractivity contribution in [3.8, 4) is 0 Å². The predicted molar refractivity (Wildman–Crippen MR) is 140 cm³/mol. The number of benzene rings is 1. The van der Waals surface area contributed by atoms with Crippen LogP contribution < -0.4 is 16.0 Å². The van der Waals surface area contributed by atoms with Gasteiger partial charge in [-0.3, -0.25) is 4.79 Å². The van der Waals surface area contributed by atoms with Crippen molar-refractivity contribution in [2.45, 2.75) is 98.1 Å². The molecule has 0 radical (unpaired) electrons. The molecule has 0 bridgehead atoms. The van der Waals surface area contributed by atoms with E-state index in [4.69, 9.17) is 14.2 Å². The number of hydrogen-bond acceptors (Lipinski definition) is 7. The summed E-state index contributed by atoms with van der Waals surface area (Å²) in [4.78, 5) is 50.1. The second kappa shape index (κ2) is 14.4. The second-order valence-electron chi connectivity index (χ2n) is 11.1. The van der Waals surface area contributed by atoms with E-state index in [1.165, 1.54) is 0 Å². The Morgan fingerprint density at radius 1 is 0.838 bits per heavy atom. The molecule has 0 heterocycles. The van der Waals surface area contributed by atoms with Gasteiger partial charge in [0.05, 0.1) is 0 Å². The first-order chi connectivity index (χ1) is 17.1. The lowest BCUT2D eigenvalue weighted by Crippen LogP contribution is -2.54. The van der Waals surface area contributed by atoms with Gasteiger partial charge in [0, 0.05) is 6.54 Å². The quantitative estimate of drug-likeness (QED) is 0.227. The highest BCUT2D eigenvalue weighted by atomic mass is 16.6. The molecular weight excluding hydrogens is 478 g/mol. The van der Waals surface area contributed by atoms with E-state index < -0.39 is 47.3 Å². The third-order valence-corrected chi connectivity index (χ3v) is 4.78. The van der Waals surface area contributed by atoms with Crippen LogP contribution in [0.25, 0.3) is 0 Å². The van der Waals surface area contributed by atoms with Gasteiger partial charge in [-0.15, -0.1) is 0 Å². The molecule has 2 atom stereocenters. The first-order valence-electron chi connectivity index (χ1n) is 12.5. The van der Waals surface area contributed by atoms with Crippen molar-refractivity contribution in [2.24, 2.45) is 5.92 Å². The third kappa shape index (κ3) is 14.1. The van der Waals surface area contributed by atoms with E-state index in [2.05, 4.69) is 16.0 Å². The minimum Gasteiger partial charge on any atom is -0.458 e. The van der Waals surface area contributed by atoms with Crippen molar-refractivity contribution >= 4 is 24.1 Å². The molecule has 10 heteroatoms. The van der Waals surface area contributed by atoms with Crippen LogP contribution in [0.1, 0.15) is 73.8 Å². The molecule has 0 saturated heterocycles. The molecule has 0 aliphatic heterocycles. The summed E-state index contributed by atoms with van der Waals surface area (Å²) >= 11 is 0. The Labute approximate surface area is 220 Å². The minimum atomic E-state index is -0.999. The number of amides is 3. The van der Waals surface area contributed by atoms with Crippen LogP contribution in [-0.4, -0.2) is 53.9 Å². The normalized spacial score (nSPS) is 13.2. The lowest BCUT2D eigenvalue weighted by molar-refractivity contribution is -0.160. The number of ether oxygens (including phenoxy) is 3. The van der Waals surface area contributed by atoms with Crippen molar-refractivity contribution in [3.63, 3.8) is 0 Å². The van der Waals surface area contributed by atoms with E-state index >= 15 is 0 Å². The molecule has 37 heavy (non-hydrogen) atoms. The molecule has 10 nitrogen and oxygen atoms in total. The largest absolute Gasteiger partial charge is 0.458 e. The Hall–Kier alpha value is -3.30. The number of rotatable bonds is 11. The average molecular weight is 522 g/mol. The van der Waals surface area contributed by atoms with E-state index in [9.17, 15) is 19.2 Å². The van der Waals surface area contributed by atoms with Gasteiger partial charge in [-0.25, -0.2) is 14.4 Å². The van der Waals surface area contributed by atoms with Crippen molar-refractivity contribution in [3.05, 3.63) is 35.9 Å². The summed E-state index contributed by atoms with van der Waals surface area (Å²) in [6.07, 6.45) is -0.813. The van der Waals surface area contributed by atoms with Gasteiger partial charge >= 0.3 is 18.2 Å². The molecule has 1 aromatic rings. The highest BCUT2D eigenvalue weighted by Gasteiger charge is 2.32. The number of hydrogen-bond donors (Lipinski definition) is 3. The van der Waals surface area contributed by atoms with Crippen LogP contribution in [0.15, 0.2) is 30.3 Å². The second-order valence-corrected chi connectivity index (χ2v) is 11.1. The molecule has 1 aromatic carbocycles. The maximum Gasteiger partial charge on any atom is 0.408 e. The lowest BCUT2D eigenvalue weighted by Gasteiger charge is -2.28. The Kier molecular flexibility index (Phi) is 12.4. The fraction of sp³-hybridized carbons (Fsp3) is 0.630.